The summed E-state index contributed by atoms with van der Waals surface area (Å²) in [5, 5.41) is 0. The van der Waals surface area contributed by atoms with E-state index in [9.17, 15) is 0 Å². The van der Waals surface area contributed by atoms with E-state index in [1.54, 1.807) is 6.20 Å². The van der Waals surface area contributed by atoms with Crippen molar-refractivity contribution in [1.82, 2.24) is 0 Å². The van der Waals surface area contributed by atoms with Crippen molar-refractivity contribution in [3.05, 3.63) is 24.0 Å². The summed E-state index contributed by atoms with van der Waals surface area (Å²) in [6.07, 6.45) is 4.91. The van der Waals surface area contributed by atoms with Gasteiger partial charge in [0.1, 0.15) is 0 Å². The standard InChI is InChI=1S/C8H16N2/c1-8(2,3)7(6-10)4-5-9/h4-6H,9-10H2,1-3H3/b5-4-,7-6+. The zero-order valence-corrected chi connectivity index (χ0v) is 6.89. The minimum Gasteiger partial charge on any atom is -0.405 e. The molecule has 2 nitrogen and oxygen atoms in total. The zero-order chi connectivity index (χ0) is 8.20. The third-order valence-electron chi connectivity index (χ3n) is 1.32. The summed E-state index contributed by atoms with van der Waals surface area (Å²) in [4.78, 5) is 0. The van der Waals surface area contributed by atoms with Crippen LogP contribution in [0, 0.1) is 5.41 Å². The summed E-state index contributed by atoms with van der Waals surface area (Å²) in [6.45, 7) is 6.27. The lowest BCUT2D eigenvalue weighted by Gasteiger charge is -2.18. The highest BCUT2D eigenvalue weighted by Gasteiger charge is 2.13. The van der Waals surface area contributed by atoms with Crippen LogP contribution in [0.15, 0.2) is 24.0 Å². The van der Waals surface area contributed by atoms with E-state index in [2.05, 4.69) is 20.8 Å². The van der Waals surface area contributed by atoms with E-state index in [1.807, 2.05) is 6.08 Å². The molecule has 0 saturated carbocycles. The van der Waals surface area contributed by atoms with Crippen LogP contribution in [0.4, 0.5) is 0 Å². The largest absolute Gasteiger partial charge is 0.405 e. The topological polar surface area (TPSA) is 52.0 Å². The average Bonchev–Trinajstić information content (AvgIpc) is 1.80. The second-order valence-corrected chi connectivity index (χ2v) is 3.23. The molecule has 58 valence electrons. The number of nitrogens with two attached hydrogens (primary N) is 2. The van der Waals surface area contributed by atoms with Crippen LogP contribution < -0.4 is 11.5 Å². The number of allylic oxidation sites excluding steroid dienone is 2. The smallest absolute Gasteiger partial charge is 0.00238 e. The van der Waals surface area contributed by atoms with Gasteiger partial charge >= 0.3 is 0 Å². The Kier molecular flexibility index (Phi) is 3.00. The lowest BCUT2D eigenvalue weighted by atomic mass is 9.87. The van der Waals surface area contributed by atoms with Gasteiger partial charge in [-0.3, -0.25) is 0 Å². The maximum atomic E-state index is 5.38. The molecule has 0 aromatic carbocycles. The van der Waals surface area contributed by atoms with E-state index in [0.29, 0.717) is 0 Å². The predicted octanol–water partition coefficient (Wildman–Crippen LogP) is 1.35. The molecule has 0 fully saturated rings. The highest BCUT2D eigenvalue weighted by Crippen LogP contribution is 2.24. The van der Waals surface area contributed by atoms with Gasteiger partial charge in [0.15, 0.2) is 0 Å². The molecule has 0 unspecified atom stereocenters. The lowest BCUT2D eigenvalue weighted by molar-refractivity contribution is 0.515. The molecule has 0 heterocycles. The van der Waals surface area contributed by atoms with E-state index in [1.165, 1.54) is 6.20 Å². The van der Waals surface area contributed by atoms with Gasteiger partial charge in [0, 0.05) is 0 Å². The quantitative estimate of drug-likeness (QED) is 0.540. The van der Waals surface area contributed by atoms with Crippen molar-refractivity contribution in [1.29, 1.82) is 0 Å². The van der Waals surface area contributed by atoms with Crippen molar-refractivity contribution < 1.29 is 0 Å². The van der Waals surface area contributed by atoms with Gasteiger partial charge in [0.05, 0.1) is 0 Å². The summed E-state index contributed by atoms with van der Waals surface area (Å²) >= 11 is 0. The van der Waals surface area contributed by atoms with Crippen LogP contribution in [-0.4, -0.2) is 0 Å². The molecule has 0 atom stereocenters. The second kappa shape index (κ2) is 3.30. The Morgan fingerprint density at radius 1 is 1.20 bits per heavy atom. The summed E-state index contributed by atoms with van der Waals surface area (Å²) in [6, 6.07) is 0. The molecule has 0 aromatic heterocycles. The molecule has 0 spiro atoms. The van der Waals surface area contributed by atoms with E-state index >= 15 is 0 Å². The monoisotopic (exact) mass is 140 g/mol. The Balaban J connectivity index is 4.39. The first-order chi connectivity index (χ1) is 4.52. The predicted molar refractivity (Wildman–Crippen MR) is 45.1 cm³/mol. The molecule has 0 rings (SSSR count). The molecular weight excluding hydrogens is 124 g/mol. The average molecular weight is 140 g/mol. The van der Waals surface area contributed by atoms with Gasteiger partial charge in [-0.05, 0) is 29.5 Å². The number of hydrogen-bond donors (Lipinski definition) is 2. The van der Waals surface area contributed by atoms with Crippen molar-refractivity contribution in [2.45, 2.75) is 20.8 Å². The van der Waals surface area contributed by atoms with Crippen LogP contribution in [0.25, 0.3) is 0 Å². The third-order valence-corrected chi connectivity index (χ3v) is 1.32. The highest BCUT2D eigenvalue weighted by molar-refractivity contribution is 5.22. The van der Waals surface area contributed by atoms with Crippen molar-refractivity contribution >= 4 is 0 Å². The van der Waals surface area contributed by atoms with Gasteiger partial charge < -0.3 is 11.5 Å². The molecule has 0 aliphatic rings. The molecular formula is C8H16N2. The van der Waals surface area contributed by atoms with E-state index in [0.717, 1.165) is 5.57 Å². The van der Waals surface area contributed by atoms with Crippen LogP contribution in [0.1, 0.15) is 20.8 Å². The molecule has 0 aromatic rings. The molecule has 0 aliphatic heterocycles. The minimum absolute atomic E-state index is 0.0879. The maximum absolute atomic E-state index is 5.38. The van der Waals surface area contributed by atoms with E-state index < -0.39 is 0 Å². The molecule has 2 heteroatoms. The lowest BCUT2D eigenvalue weighted by Crippen LogP contribution is -2.09. The summed E-state index contributed by atoms with van der Waals surface area (Å²) in [5.41, 5.74) is 11.7. The SMILES string of the molecule is CC(C)(C)C(/C=C\N)=C/N. The van der Waals surface area contributed by atoms with Crippen LogP contribution in [-0.2, 0) is 0 Å². The minimum atomic E-state index is 0.0879. The number of rotatable bonds is 1. The van der Waals surface area contributed by atoms with E-state index in [-0.39, 0.29) is 5.41 Å². The van der Waals surface area contributed by atoms with Gasteiger partial charge in [-0.25, -0.2) is 0 Å². The fraction of sp³-hybridized carbons (Fsp3) is 0.500. The third kappa shape index (κ3) is 2.58. The first-order valence-electron chi connectivity index (χ1n) is 3.33. The van der Waals surface area contributed by atoms with Gasteiger partial charge in [-0.15, -0.1) is 0 Å². The number of hydrogen-bond acceptors (Lipinski definition) is 2. The van der Waals surface area contributed by atoms with Crippen LogP contribution in [0.2, 0.25) is 0 Å². The Labute approximate surface area is 62.6 Å². The van der Waals surface area contributed by atoms with Crippen molar-refractivity contribution in [3.63, 3.8) is 0 Å². The highest BCUT2D eigenvalue weighted by atomic mass is 14.5. The van der Waals surface area contributed by atoms with Crippen molar-refractivity contribution in [3.8, 4) is 0 Å². The first-order valence-corrected chi connectivity index (χ1v) is 3.33. The summed E-state index contributed by atoms with van der Waals surface area (Å²) < 4.78 is 0. The van der Waals surface area contributed by atoms with Crippen LogP contribution in [0.5, 0.6) is 0 Å². The Morgan fingerprint density at radius 3 is 1.80 bits per heavy atom. The molecule has 0 amide bonds. The Bertz CT molecular complexity index is 149. The molecule has 4 N–H and O–H groups in total. The van der Waals surface area contributed by atoms with Gasteiger partial charge in [-0.1, -0.05) is 20.8 Å². The van der Waals surface area contributed by atoms with Crippen molar-refractivity contribution in [2.24, 2.45) is 16.9 Å². The summed E-state index contributed by atoms with van der Waals surface area (Å²) in [7, 11) is 0. The van der Waals surface area contributed by atoms with Gasteiger partial charge in [0.2, 0.25) is 0 Å². The Morgan fingerprint density at radius 2 is 1.70 bits per heavy atom. The van der Waals surface area contributed by atoms with E-state index in [4.69, 9.17) is 11.5 Å². The van der Waals surface area contributed by atoms with Crippen LogP contribution >= 0.6 is 0 Å². The van der Waals surface area contributed by atoms with Gasteiger partial charge in [-0.2, -0.15) is 0 Å². The van der Waals surface area contributed by atoms with Crippen molar-refractivity contribution in [2.75, 3.05) is 0 Å². The molecule has 0 bridgehead atoms. The maximum Gasteiger partial charge on any atom is -0.00238 e. The summed E-state index contributed by atoms with van der Waals surface area (Å²) in [5.74, 6) is 0. The van der Waals surface area contributed by atoms with Gasteiger partial charge in [0.25, 0.3) is 0 Å². The molecule has 0 saturated heterocycles. The fourth-order valence-corrected chi connectivity index (χ4v) is 0.659. The normalized spacial score (nSPS) is 14.5. The van der Waals surface area contributed by atoms with Crippen LogP contribution in [0.3, 0.4) is 0 Å². The second-order valence-electron chi connectivity index (χ2n) is 3.23. The molecule has 0 aliphatic carbocycles. The molecule has 10 heavy (non-hydrogen) atoms. The fourth-order valence-electron chi connectivity index (χ4n) is 0.659. The molecule has 0 radical (unpaired) electrons. The Hall–Kier alpha value is -0.920. The first kappa shape index (κ1) is 9.08. The zero-order valence-electron chi connectivity index (χ0n) is 6.89.